The Bertz CT molecular complexity index is 741. The summed E-state index contributed by atoms with van der Waals surface area (Å²) >= 11 is 0. The number of amides is 1. The molecule has 160 valence electrons. The number of likely N-dealkylation sites (N-methyl/N-ethyl adjacent to an activating group) is 1. The third-order valence-electron chi connectivity index (χ3n) is 3.66. The molecule has 0 aliphatic heterocycles. The van der Waals surface area contributed by atoms with Gasteiger partial charge in [-0.3, -0.25) is 4.55 Å². The second-order valence-electron chi connectivity index (χ2n) is 7.46. The molecule has 0 saturated carbocycles. The van der Waals surface area contributed by atoms with E-state index in [-0.39, 0.29) is 4.90 Å². The van der Waals surface area contributed by atoms with E-state index in [0.29, 0.717) is 45.0 Å². The first-order chi connectivity index (χ1) is 12.9. The van der Waals surface area contributed by atoms with Crippen LogP contribution in [0.15, 0.2) is 23.1 Å². The minimum Gasteiger partial charge on any atom is -0.444 e. The normalized spacial score (nSPS) is 12.1. The molecule has 28 heavy (non-hydrogen) atoms. The highest BCUT2D eigenvalue weighted by Gasteiger charge is 2.19. The predicted octanol–water partition coefficient (Wildman–Crippen LogP) is 2.68. The summed E-state index contributed by atoms with van der Waals surface area (Å²) in [4.78, 5) is 13.1. The third-order valence-corrected chi connectivity index (χ3v) is 4.61. The van der Waals surface area contributed by atoms with E-state index in [1.54, 1.807) is 19.2 Å². The van der Waals surface area contributed by atoms with Crippen LogP contribution in [0.1, 0.15) is 31.9 Å². The van der Waals surface area contributed by atoms with Crippen LogP contribution in [-0.2, 0) is 30.7 Å². The molecule has 1 aromatic carbocycles. The summed E-state index contributed by atoms with van der Waals surface area (Å²) in [5, 5.41) is 0. The van der Waals surface area contributed by atoms with Crippen LogP contribution in [-0.4, -0.2) is 69.6 Å². The summed E-state index contributed by atoms with van der Waals surface area (Å²) in [7, 11) is -2.61. The van der Waals surface area contributed by atoms with Crippen molar-refractivity contribution >= 4 is 16.2 Å². The van der Waals surface area contributed by atoms with E-state index in [0.717, 1.165) is 5.56 Å². The van der Waals surface area contributed by atoms with Crippen LogP contribution in [0.3, 0.4) is 0 Å². The first kappa shape index (κ1) is 24.4. The fraction of sp³-hybridized carbons (Fsp3) is 0.632. The summed E-state index contributed by atoms with van der Waals surface area (Å²) in [6, 6.07) is 4.75. The maximum Gasteiger partial charge on any atom is 0.410 e. The van der Waals surface area contributed by atoms with Gasteiger partial charge in [0.2, 0.25) is 0 Å². The van der Waals surface area contributed by atoms with Crippen molar-refractivity contribution in [1.29, 1.82) is 0 Å². The van der Waals surface area contributed by atoms with Crippen molar-refractivity contribution in [2.75, 3.05) is 40.0 Å². The molecule has 0 radical (unpaired) electrons. The molecule has 1 aromatic rings. The molecule has 0 bridgehead atoms. The van der Waals surface area contributed by atoms with Crippen molar-refractivity contribution in [3.05, 3.63) is 29.3 Å². The van der Waals surface area contributed by atoms with Crippen molar-refractivity contribution in [2.45, 2.75) is 44.6 Å². The standard InChI is InChI=1S/C19H31NO7S/c1-15-6-7-17(28(22,23)24)16(14-15)8-10-25-12-13-26-11-9-20(5)18(21)27-19(2,3)4/h6-7,14H,8-13H2,1-5H3,(H,22,23,24). The van der Waals surface area contributed by atoms with Gasteiger partial charge in [0, 0.05) is 13.6 Å². The molecule has 8 nitrogen and oxygen atoms in total. The van der Waals surface area contributed by atoms with Gasteiger partial charge >= 0.3 is 6.09 Å². The minimum atomic E-state index is -4.25. The van der Waals surface area contributed by atoms with Gasteiger partial charge in [-0.2, -0.15) is 8.42 Å². The summed E-state index contributed by atoms with van der Waals surface area (Å²) in [6.45, 7) is 9.00. The Labute approximate surface area is 167 Å². The van der Waals surface area contributed by atoms with E-state index < -0.39 is 21.8 Å². The number of carbonyl (C=O) groups excluding carboxylic acids is 1. The van der Waals surface area contributed by atoms with Gasteiger partial charge in [-0.25, -0.2) is 4.79 Å². The van der Waals surface area contributed by atoms with Crippen LogP contribution in [0.25, 0.3) is 0 Å². The number of benzene rings is 1. The Hall–Kier alpha value is -1.68. The smallest absolute Gasteiger partial charge is 0.410 e. The molecular formula is C19H31NO7S. The van der Waals surface area contributed by atoms with Crippen LogP contribution >= 0.6 is 0 Å². The lowest BCUT2D eigenvalue weighted by Crippen LogP contribution is -2.36. The summed E-state index contributed by atoms with van der Waals surface area (Å²) < 4.78 is 48.2. The van der Waals surface area contributed by atoms with Gasteiger partial charge in [-0.05, 0) is 45.7 Å². The highest BCUT2D eigenvalue weighted by molar-refractivity contribution is 7.85. The van der Waals surface area contributed by atoms with Crippen molar-refractivity contribution in [1.82, 2.24) is 4.90 Å². The molecule has 0 fully saturated rings. The lowest BCUT2D eigenvalue weighted by molar-refractivity contribution is 0.0162. The lowest BCUT2D eigenvalue weighted by atomic mass is 10.1. The molecule has 0 spiro atoms. The van der Waals surface area contributed by atoms with Gasteiger partial charge in [0.25, 0.3) is 10.1 Å². The zero-order valence-electron chi connectivity index (χ0n) is 17.2. The first-order valence-corrected chi connectivity index (χ1v) is 10.5. The van der Waals surface area contributed by atoms with Gasteiger partial charge in [-0.15, -0.1) is 0 Å². The number of nitrogens with zero attached hydrogens (tertiary/aromatic N) is 1. The summed E-state index contributed by atoms with van der Waals surface area (Å²) in [5.74, 6) is 0. The number of rotatable bonds is 10. The molecule has 0 aromatic heterocycles. The average Bonchev–Trinajstić information content (AvgIpc) is 2.54. The van der Waals surface area contributed by atoms with Gasteiger partial charge < -0.3 is 19.1 Å². The largest absolute Gasteiger partial charge is 0.444 e. The Morgan fingerprint density at radius 2 is 1.71 bits per heavy atom. The molecule has 0 aliphatic rings. The van der Waals surface area contributed by atoms with E-state index in [1.807, 2.05) is 27.7 Å². The number of aryl methyl sites for hydroxylation is 1. The molecule has 0 heterocycles. The van der Waals surface area contributed by atoms with E-state index in [4.69, 9.17) is 14.2 Å². The minimum absolute atomic E-state index is 0.0943. The van der Waals surface area contributed by atoms with Crippen LogP contribution in [0.5, 0.6) is 0 Å². The Morgan fingerprint density at radius 1 is 1.11 bits per heavy atom. The highest BCUT2D eigenvalue weighted by Crippen LogP contribution is 2.18. The third kappa shape index (κ3) is 9.50. The Kier molecular flexibility index (Phi) is 9.35. The number of hydrogen-bond donors (Lipinski definition) is 1. The molecule has 1 rings (SSSR count). The van der Waals surface area contributed by atoms with Crippen molar-refractivity contribution in [3.63, 3.8) is 0 Å². The van der Waals surface area contributed by atoms with Gasteiger partial charge in [0.05, 0.1) is 31.3 Å². The zero-order valence-corrected chi connectivity index (χ0v) is 18.0. The maximum absolute atomic E-state index is 11.8. The summed E-state index contributed by atoms with van der Waals surface area (Å²) in [5.41, 5.74) is 0.884. The molecule has 1 N–H and O–H groups in total. The second kappa shape index (κ2) is 10.8. The molecule has 0 aliphatic carbocycles. The second-order valence-corrected chi connectivity index (χ2v) is 8.85. The van der Waals surface area contributed by atoms with Crippen LogP contribution in [0.2, 0.25) is 0 Å². The van der Waals surface area contributed by atoms with Gasteiger partial charge in [0.15, 0.2) is 0 Å². The highest BCUT2D eigenvalue weighted by atomic mass is 32.2. The monoisotopic (exact) mass is 417 g/mol. The SMILES string of the molecule is Cc1ccc(S(=O)(=O)O)c(CCOCCOCCN(C)C(=O)OC(C)(C)C)c1. The van der Waals surface area contributed by atoms with E-state index in [9.17, 15) is 17.8 Å². The number of hydrogen-bond acceptors (Lipinski definition) is 6. The molecular weight excluding hydrogens is 386 g/mol. The zero-order chi connectivity index (χ0) is 21.4. The average molecular weight is 418 g/mol. The molecule has 0 saturated heterocycles. The molecule has 0 atom stereocenters. The van der Waals surface area contributed by atoms with E-state index in [2.05, 4.69) is 0 Å². The van der Waals surface area contributed by atoms with Gasteiger partial charge in [0.1, 0.15) is 5.60 Å². The fourth-order valence-corrected chi connectivity index (χ4v) is 3.02. The van der Waals surface area contributed by atoms with Crippen molar-refractivity contribution < 1.29 is 32.0 Å². The van der Waals surface area contributed by atoms with Crippen molar-refractivity contribution in [2.24, 2.45) is 0 Å². The van der Waals surface area contributed by atoms with E-state index >= 15 is 0 Å². The lowest BCUT2D eigenvalue weighted by Gasteiger charge is -2.24. The molecule has 1 amide bonds. The Morgan fingerprint density at radius 3 is 2.29 bits per heavy atom. The van der Waals surface area contributed by atoms with Gasteiger partial charge in [-0.1, -0.05) is 17.7 Å². The fourth-order valence-electron chi connectivity index (χ4n) is 2.29. The van der Waals surface area contributed by atoms with Crippen LogP contribution < -0.4 is 0 Å². The number of ether oxygens (including phenoxy) is 3. The molecule has 9 heteroatoms. The Balaban J connectivity index is 2.24. The maximum atomic E-state index is 11.8. The van der Waals surface area contributed by atoms with Crippen LogP contribution in [0.4, 0.5) is 4.79 Å². The predicted molar refractivity (Wildman–Crippen MR) is 105 cm³/mol. The molecule has 0 unspecified atom stereocenters. The first-order valence-electron chi connectivity index (χ1n) is 9.07. The topological polar surface area (TPSA) is 102 Å². The van der Waals surface area contributed by atoms with Crippen LogP contribution in [0, 0.1) is 6.92 Å². The van der Waals surface area contributed by atoms with Crippen molar-refractivity contribution in [3.8, 4) is 0 Å². The summed E-state index contributed by atoms with van der Waals surface area (Å²) in [6.07, 6.45) is -0.0433. The van der Waals surface area contributed by atoms with E-state index in [1.165, 1.54) is 11.0 Å². The quantitative estimate of drug-likeness (QED) is 0.461. The number of carbonyl (C=O) groups is 1.